The van der Waals surface area contributed by atoms with Gasteiger partial charge in [-0.15, -0.1) is 0 Å². The summed E-state index contributed by atoms with van der Waals surface area (Å²) in [7, 11) is 0. The summed E-state index contributed by atoms with van der Waals surface area (Å²) in [4.78, 5) is 24.1. The van der Waals surface area contributed by atoms with Crippen LogP contribution in [0.5, 0.6) is 0 Å². The summed E-state index contributed by atoms with van der Waals surface area (Å²) < 4.78 is 0. The zero-order chi connectivity index (χ0) is 18.1. The summed E-state index contributed by atoms with van der Waals surface area (Å²) in [5.41, 5.74) is 3.87. The molecule has 0 spiro atoms. The number of thiophene rings is 1. The molecule has 25 heavy (non-hydrogen) atoms. The molecule has 6 heteroatoms. The number of hydrogen-bond acceptors (Lipinski definition) is 4. The highest BCUT2D eigenvalue weighted by atomic mass is 32.1. The molecule has 2 aromatic rings. The summed E-state index contributed by atoms with van der Waals surface area (Å²) in [6.45, 7) is 4.13. The van der Waals surface area contributed by atoms with Crippen LogP contribution in [0.3, 0.4) is 0 Å². The topological polar surface area (TPSA) is 70.6 Å². The lowest BCUT2D eigenvalue weighted by atomic mass is 9.88. The van der Waals surface area contributed by atoms with Crippen molar-refractivity contribution in [1.82, 2.24) is 10.7 Å². The van der Waals surface area contributed by atoms with E-state index < -0.39 is 5.41 Å². The van der Waals surface area contributed by atoms with Gasteiger partial charge in [0.2, 0.25) is 11.8 Å². The van der Waals surface area contributed by atoms with Crippen LogP contribution in [0.2, 0.25) is 0 Å². The first-order chi connectivity index (χ1) is 12.0. The summed E-state index contributed by atoms with van der Waals surface area (Å²) >= 11 is 1.57. The predicted octanol–water partition coefficient (Wildman–Crippen LogP) is 2.97. The molecule has 2 amide bonds. The normalized spacial score (nSPS) is 11.4. The van der Waals surface area contributed by atoms with Crippen molar-refractivity contribution in [3.05, 3.63) is 58.3 Å². The maximum absolute atomic E-state index is 12.3. The first-order valence-electron chi connectivity index (χ1n) is 8.14. The number of hydrogen-bond donors (Lipinski definition) is 2. The molecule has 2 N–H and O–H groups in total. The van der Waals surface area contributed by atoms with Gasteiger partial charge in [0.05, 0.1) is 12.6 Å². The third-order valence-corrected chi connectivity index (χ3v) is 4.54. The number of nitrogens with zero attached hydrogens (tertiary/aromatic N) is 1. The van der Waals surface area contributed by atoms with Crippen LogP contribution in [-0.4, -0.2) is 24.6 Å². The molecule has 0 aliphatic heterocycles. The van der Waals surface area contributed by atoms with Crippen molar-refractivity contribution >= 4 is 29.4 Å². The van der Waals surface area contributed by atoms with Crippen LogP contribution in [0.4, 0.5) is 0 Å². The van der Waals surface area contributed by atoms with E-state index in [1.54, 1.807) is 17.6 Å². The second-order valence-corrected chi connectivity index (χ2v) is 7.18. The van der Waals surface area contributed by atoms with E-state index in [-0.39, 0.29) is 11.8 Å². The molecule has 0 radical (unpaired) electrons. The molecule has 1 heterocycles. The Hall–Kier alpha value is -2.47. The SMILES string of the molecule is CC(C)(CCNC(=O)Cc1ccsc1)C(=O)N/N=C\c1ccccc1. The van der Waals surface area contributed by atoms with Crippen LogP contribution in [0.1, 0.15) is 31.4 Å². The minimum atomic E-state index is -0.621. The minimum absolute atomic E-state index is 0.0308. The molecule has 1 aromatic carbocycles. The monoisotopic (exact) mass is 357 g/mol. The van der Waals surface area contributed by atoms with Crippen molar-refractivity contribution in [3.8, 4) is 0 Å². The molecule has 5 nitrogen and oxygen atoms in total. The number of amides is 2. The Bertz CT molecular complexity index is 710. The number of hydrazone groups is 1. The molecule has 0 bridgehead atoms. The summed E-state index contributed by atoms with van der Waals surface area (Å²) in [5.74, 6) is -0.205. The van der Waals surface area contributed by atoms with Crippen molar-refractivity contribution in [1.29, 1.82) is 0 Å². The fourth-order valence-electron chi connectivity index (χ4n) is 2.12. The number of carbonyl (C=O) groups excluding carboxylic acids is 2. The highest BCUT2D eigenvalue weighted by molar-refractivity contribution is 7.08. The lowest BCUT2D eigenvalue weighted by Gasteiger charge is -2.22. The lowest BCUT2D eigenvalue weighted by molar-refractivity contribution is -0.130. The maximum atomic E-state index is 12.3. The van der Waals surface area contributed by atoms with E-state index in [0.29, 0.717) is 19.4 Å². The highest BCUT2D eigenvalue weighted by Gasteiger charge is 2.27. The van der Waals surface area contributed by atoms with Gasteiger partial charge in [-0.05, 0) is 34.4 Å². The van der Waals surface area contributed by atoms with E-state index >= 15 is 0 Å². The van der Waals surface area contributed by atoms with Gasteiger partial charge >= 0.3 is 0 Å². The van der Waals surface area contributed by atoms with E-state index in [4.69, 9.17) is 0 Å². The Morgan fingerprint density at radius 1 is 1.20 bits per heavy atom. The number of carbonyl (C=O) groups is 2. The Morgan fingerprint density at radius 2 is 1.96 bits per heavy atom. The molecule has 0 atom stereocenters. The second kappa shape index (κ2) is 9.13. The van der Waals surface area contributed by atoms with Crippen LogP contribution in [0.15, 0.2) is 52.3 Å². The Morgan fingerprint density at radius 3 is 2.64 bits per heavy atom. The van der Waals surface area contributed by atoms with Crippen LogP contribution in [0.25, 0.3) is 0 Å². The molecule has 0 aliphatic rings. The van der Waals surface area contributed by atoms with Crippen molar-refractivity contribution in [2.75, 3.05) is 6.54 Å². The fourth-order valence-corrected chi connectivity index (χ4v) is 2.79. The molecule has 0 aliphatic carbocycles. The second-order valence-electron chi connectivity index (χ2n) is 6.40. The van der Waals surface area contributed by atoms with Gasteiger partial charge in [0, 0.05) is 12.0 Å². The summed E-state index contributed by atoms with van der Waals surface area (Å²) in [5, 5.41) is 10.8. The van der Waals surface area contributed by atoms with Crippen molar-refractivity contribution in [3.63, 3.8) is 0 Å². The molecule has 0 saturated carbocycles. The molecular weight excluding hydrogens is 334 g/mol. The van der Waals surface area contributed by atoms with Crippen molar-refractivity contribution in [2.45, 2.75) is 26.7 Å². The molecular formula is C19H23N3O2S. The van der Waals surface area contributed by atoms with Gasteiger partial charge in [-0.25, -0.2) is 5.43 Å². The average molecular weight is 357 g/mol. The van der Waals surface area contributed by atoms with Gasteiger partial charge in [-0.1, -0.05) is 44.2 Å². The van der Waals surface area contributed by atoms with Crippen LogP contribution >= 0.6 is 11.3 Å². The van der Waals surface area contributed by atoms with Gasteiger partial charge in [0.1, 0.15) is 0 Å². The Labute approximate surface area is 152 Å². The molecule has 132 valence electrons. The highest BCUT2D eigenvalue weighted by Crippen LogP contribution is 2.19. The quantitative estimate of drug-likeness (QED) is 0.563. The van der Waals surface area contributed by atoms with Gasteiger partial charge in [0.15, 0.2) is 0 Å². The fraction of sp³-hybridized carbons (Fsp3) is 0.316. The molecule has 0 unspecified atom stereocenters. The first kappa shape index (κ1) is 18.9. The van der Waals surface area contributed by atoms with Gasteiger partial charge in [-0.2, -0.15) is 16.4 Å². The maximum Gasteiger partial charge on any atom is 0.245 e. The van der Waals surface area contributed by atoms with Crippen molar-refractivity contribution in [2.24, 2.45) is 10.5 Å². The van der Waals surface area contributed by atoms with Gasteiger partial charge < -0.3 is 5.32 Å². The van der Waals surface area contributed by atoms with Crippen molar-refractivity contribution < 1.29 is 9.59 Å². The molecule has 2 rings (SSSR count). The Kier molecular flexibility index (Phi) is 6.89. The number of rotatable bonds is 8. The van der Waals surface area contributed by atoms with E-state index in [2.05, 4.69) is 15.8 Å². The van der Waals surface area contributed by atoms with Crippen LogP contribution in [-0.2, 0) is 16.0 Å². The van der Waals surface area contributed by atoms with Gasteiger partial charge in [-0.3, -0.25) is 9.59 Å². The van der Waals surface area contributed by atoms with E-state index in [1.165, 1.54) is 0 Å². The predicted molar refractivity (Wildman–Crippen MR) is 102 cm³/mol. The molecule has 0 saturated heterocycles. The summed E-state index contributed by atoms with van der Waals surface area (Å²) in [6.07, 6.45) is 2.52. The number of benzene rings is 1. The zero-order valence-corrected chi connectivity index (χ0v) is 15.3. The largest absolute Gasteiger partial charge is 0.356 e. The number of nitrogens with one attached hydrogen (secondary N) is 2. The van der Waals surface area contributed by atoms with Crippen LogP contribution in [0, 0.1) is 5.41 Å². The lowest BCUT2D eigenvalue weighted by Crippen LogP contribution is -2.37. The van der Waals surface area contributed by atoms with E-state index in [0.717, 1.165) is 11.1 Å². The summed E-state index contributed by atoms with van der Waals surface area (Å²) in [6, 6.07) is 11.5. The smallest absolute Gasteiger partial charge is 0.245 e. The zero-order valence-electron chi connectivity index (χ0n) is 14.5. The van der Waals surface area contributed by atoms with E-state index in [1.807, 2.05) is 61.0 Å². The van der Waals surface area contributed by atoms with E-state index in [9.17, 15) is 9.59 Å². The van der Waals surface area contributed by atoms with Crippen LogP contribution < -0.4 is 10.7 Å². The standard InChI is InChI=1S/C19H23N3O2S/c1-19(2,9-10-20-17(23)12-16-8-11-25-14-16)18(24)22-21-13-15-6-4-3-5-7-15/h3-8,11,13-14H,9-10,12H2,1-2H3,(H,20,23)(H,22,24)/b21-13-. The average Bonchev–Trinajstić information content (AvgIpc) is 3.08. The first-order valence-corrected chi connectivity index (χ1v) is 9.08. The minimum Gasteiger partial charge on any atom is -0.356 e. The third-order valence-electron chi connectivity index (χ3n) is 3.81. The molecule has 0 fully saturated rings. The third kappa shape index (κ3) is 6.51. The molecule has 1 aromatic heterocycles. The van der Waals surface area contributed by atoms with Gasteiger partial charge in [0.25, 0.3) is 0 Å². The Balaban J connectivity index is 1.73.